The number of hydrogen-bond donors (Lipinski definition) is 0. The van der Waals surface area contributed by atoms with Crippen molar-refractivity contribution < 1.29 is 0 Å². The lowest BCUT2D eigenvalue weighted by Gasteiger charge is -2.11. The Hall–Kier alpha value is -6.56. The van der Waals surface area contributed by atoms with Gasteiger partial charge in [0.1, 0.15) is 4.83 Å². The topological polar surface area (TPSA) is 35.6 Å². The molecule has 0 spiro atoms. The largest absolute Gasteiger partial charge is 0.308 e. The highest BCUT2D eigenvalue weighted by molar-refractivity contribution is 7.26. The zero-order valence-corrected chi connectivity index (χ0v) is 28.2. The van der Waals surface area contributed by atoms with E-state index in [1.54, 1.807) is 0 Å². The summed E-state index contributed by atoms with van der Waals surface area (Å²) in [5.41, 5.74) is 9.89. The molecule has 0 N–H and O–H groups in total. The Morgan fingerprint density at radius 3 is 1.80 bits per heavy atom. The monoisotopic (exact) mass is 668 g/mol. The standard InChI is InChI=1S/C46H28N4S/c1-3-13-29(14-4-1)42-35-18-7-10-20-38(35)47-45(48-42)30-23-25-32(26-24-30)49-39-21-11-8-17-33(39)34-27-28-37-41-36-19-9-12-22-40(36)50(31-15-5-2-6-16-31)46(41)51-44(37)43(34)49/h1-28H. The Morgan fingerprint density at radius 2 is 1.02 bits per heavy atom. The van der Waals surface area contributed by atoms with Crippen LogP contribution >= 0.6 is 11.3 Å². The van der Waals surface area contributed by atoms with Crippen LogP contribution in [-0.4, -0.2) is 19.1 Å². The third-order valence-electron chi connectivity index (χ3n) is 10.1. The minimum atomic E-state index is 0.720. The van der Waals surface area contributed by atoms with Crippen molar-refractivity contribution in [1.29, 1.82) is 0 Å². The van der Waals surface area contributed by atoms with E-state index in [4.69, 9.17) is 9.97 Å². The van der Waals surface area contributed by atoms with Gasteiger partial charge in [0.05, 0.1) is 32.5 Å². The highest BCUT2D eigenvalue weighted by atomic mass is 32.1. The van der Waals surface area contributed by atoms with Gasteiger partial charge in [0.2, 0.25) is 0 Å². The van der Waals surface area contributed by atoms with Gasteiger partial charge in [-0.25, -0.2) is 9.97 Å². The van der Waals surface area contributed by atoms with Crippen molar-refractivity contribution in [3.63, 3.8) is 0 Å². The van der Waals surface area contributed by atoms with Gasteiger partial charge in [-0.15, -0.1) is 11.3 Å². The summed E-state index contributed by atoms with van der Waals surface area (Å²) in [5.74, 6) is 0.720. The van der Waals surface area contributed by atoms with E-state index in [0.29, 0.717) is 0 Å². The van der Waals surface area contributed by atoms with Gasteiger partial charge in [0.25, 0.3) is 0 Å². The van der Waals surface area contributed by atoms with Crippen LogP contribution in [0.1, 0.15) is 0 Å². The second-order valence-electron chi connectivity index (χ2n) is 13.0. The maximum Gasteiger partial charge on any atom is 0.160 e. The van der Waals surface area contributed by atoms with Crippen molar-refractivity contribution in [2.75, 3.05) is 0 Å². The first-order chi connectivity index (χ1) is 25.3. The van der Waals surface area contributed by atoms with E-state index < -0.39 is 0 Å². The zero-order chi connectivity index (χ0) is 33.5. The Balaban J connectivity index is 1.14. The summed E-state index contributed by atoms with van der Waals surface area (Å²) in [4.78, 5) is 11.4. The molecule has 0 saturated carbocycles. The van der Waals surface area contributed by atoms with E-state index in [0.717, 1.165) is 39.2 Å². The van der Waals surface area contributed by atoms with Gasteiger partial charge in [-0.1, -0.05) is 115 Å². The van der Waals surface area contributed by atoms with Crippen LogP contribution in [0.25, 0.3) is 97.9 Å². The third kappa shape index (κ3) is 4.19. The van der Waals surface area contributed by atoms with E-state index in [-0.39, 0.29) is 0 Å². The molecule has 11 rings (SSSR count). The second kappa shape index (κ2) is 11.0. The predicted octanol–water partition coefficient (Wildman–Crippen LogP) is 12.4. The maximum atomic E-state index is 5.13. The number of fused-ring (bicyclic) bond motifs is 10. The van der Waals surface area contributed by atoms with Crippen LogP contribution in [-0.2, 0) is 0 Å². The van der Waals surface area contributed by atoms with Crippen molar-refractivity contribution in [1.82, 2.24) is 19.1 Å². The first-order valence-corrected chi connectivity index (χ1v) is 18.0. The molecule has 238 valence electrons. The highest BCUT2D eigenvalue weighted by Gasteiger charge is 2.22. The molecule has 0 saturated heterocycles. The first kappa shape index (κ1) is 28.3. The van der Waals surface area contributed by atoms with Gasteiger partial charge in [0, 0.05) is 54.8 Å². The maximum absolute atomic E-state index is 5.13. The third-order valence-corrected chi connectivity index (χ3v) is 11.3. The number of nitrogens with zero attached hydrogens (tertiary/aromatic N) is 4. The number of benzene rings is 7. The molecule has 7 aromatic carbocycles. The lowest BCUT2D eigenvalue weighted by Crippen LogP contribution is -1.97. The summed E-state index contributed by atoms with van der Waals surface area (Å²) in [7, 11) is 0. The van der Waals surface area contributed by atoms with Crippen LogP contribution in [0, 0.1) is 0 Å². The normalized spacial score (nSPS) is 11.9. The Bertz CT molecular complexity index is 3120. The predicted molar refractivity (Wildman–Crippen MR) is 214 cm³/mol. The molecule has 0 atom stereocenters. The number of rotatable bonds is 4. The molecule has 0 aliphatic rings. The molecule has 0 amide bonds. The number of thiophene rings is 1. The van der Waals surface area contributed by atoms with Crippen LogP contribution in [0.15, 0.2) is 170 Å². The quantitative estimate of drug-likeness (QED) is 0.187. The second-order valence-corrected chi connectivity index (χ2v) is 14.0. The summed E-state index contributed by atoms with van der Waals surface area (Å²) in [6.45, 7) is 0. The van der Waals surface area contributed by atoms with Crippen LogP contribution in [0.4, 0.5) is 0 Å². The number of para-hydroxylation sites is 4. The van der Waals surface area contributed by atoms with Gasteiger partial charge in [-0.3, -0.25) is 0 Å². The molecule has 11 aromatic rings. The molecule has 4 heterocycles. The van der Waals surface area contributed by atoms with E-state index in [9.17, 15) is 0 Å². The molecule has 0 fully saturated rings. The average molecular weight is 669 g/mol. The summed E-state index contributed by atoms with van der Waals surface area (Å²) in [5, 5.41) is 7.43. The molecular formula is C46H28N4S. The van der Waals surface area contributed by atoms with Gasteiger partial charge in [-0.2, -0.15) is 0 Å². The van der Waals surface area contributed by atoms with Crippen molar-refractivity contribution in [2.45, 2.75) is 0 Å². The summed E-state index contributed by atoms with van der Waals surface area (Å²) >= 11 is 1.89. The molecule has 0 aliphatic carbocycles. The van der Waals surface area contributed by atoms with E-state index in [2.05, 4.69) is 167 Å². The molecule has 0 bridgehead atoms. The fraction of sp³-hybridized carbons (Fsp3) is 0. The Labute approximate surface area is 297 Å². The smallest absolute Gasteiger partial charge is 0.160 e. The van der Waals surface area contributed by atoms with E-state index >= 15 is 0 Å². The van der Waals surface area contributed by atoms with Crippen molar-refractivity contribution >= 4 is 75.3 Å². The van der Waals surface area contributed by atoms with Gasteiger partial charge in [0.15, 0.2) is 5.82 Å². The molecule has 0 aliphatic heterocycles. The van der Waals surface area contributed by atoms with Gasteiger partial charge in [-0.05, 0) is 54.6 Å². The van der Waals surface area contributed by atoms with Crippen molar-refractivity contribution in [3.8, 4) is 34.0 Å². The summed E-state index contributed by atoms with van der Waals surface area (Å²) in [6, 6.07) is 60.3. The molecule has 4 nitrogen and oxygen atoms in total. The van der Waals surface area contributed by atoms with Crippen molar-refractivity contribution in [3.05, 3.63) is 170 Å². The first-order valence-electron chi connectivity index (χ1n) is 17.2. The molecule has 5 heteroatoms. The molecule has 0 unspecified atom stereocenters. The molecular weight excluding hydrogens is 641 g/mol. The number of hydrogen-bond acceptors (Lipinski definition) is 3. The van der Waals surface area contributed by atoms with Crippen LogP contribution in [0.2, 0.25) is 0 Å². The zero-order valence-electron chi connectivity index (χ0n) is 27.4. The van der Waals surface area contributed by atoms with Crippen molar-refractivity contribution in [2.24, 2.45) is 0 Å². The Kier molecular flexibility index (Phi) is 6.09. The minimum absolute atomic E-state index is 0.720. The van der Waals surface area contributed by atoms with E-state index in [1.165, 1.54) is 58.7 Å². The highest BCUT2D eigenvalue weighted by Crippen LogP contribution is 2.47. The van der Waals surface area contributed by atoms with Gasteiger partial charge < -0.3 is 9.13 Å². The fourth-order valence-electron chi connectivity index (χ4n) is 7.88. The van der Waals surface area contributed by atoms with Crippen LogP contribution < -0.4 is 0 Å². The molecule has 4 aromatic heterocycles. The Morgan fingerprint density at radius 1 is 0.412 bits per heavy atom. The lowest BCUT2D eigenvalue weighted by molar-refractivity contribution is 1.18. The average Bonchev–Trinajstić information content (AvgIpc) is 3.85. The number of aromatic nitrogens is 4. The summed E-state index contributed by atoms with van der Waals surface area (Å²) < 4.78 is 6.16. The molecule has 0 radical (unpaired) electrons. The lowest BCUT2D eigenvalue weighted by atomic mass is 10.1. The minimum Gasteiger partial charge on any atom is -0.308 e. The van der Waals surface area contributed by atoms with Gasteiger partial charge >= 0.3 is 0 Å². The van der Waals surface area contributed by atoms with E-state index in [1.807, 2.05) is 23.5 Å². The fourth-order valence-corrected chi connectivity index (χ4v) is 9.27. The molecule has 51 heavy (non-hydrogen) atoms. The SMILES string of the molecule is c1ccc(-c2nc(-c3ccc(-n4c5ccccc5c5ccc6c(sc7c6c6ccccc6n7-c6ccccc6)c54)cc3)nc3ccccc23)cc1. The van der Waals surface area contributed by atoms with Crippen LogP contribution in [0.3, 0.4) is 0 Å². The summed E-state index contributed by atoms with van der Waals surface area (Å²) in [6.07, 6.45) is 0. The van der Waals surface area contributed by atoms with Crippen LogP contribution in [0.5, 0.6) is 0 Å².